The normalized spacial score (nSPS) is 10.4. The number of hydrogen-bond donors (Lipinski definition) is 1. The number of nitrogens with two attached hydrogens (primary N) is 1. The van der Waals surface area contributed by atoms with Crippen LogP contribution in [0.25, 0.3) is 11.1 Å². The number of anilines is 1. The molecule has 0 radical (unpaired) electrons. The Hall–Kier alpha value is -2.81. The lowest BCUT2D eigenvalue weighted by Gasteiger charge is -2.13. The quantitative estimate of drug-likeness (QED) is 0.710. The van der Waals surface area contributed by atoms with Crippen LogP contribution in [-0.4, -0.2) is 0 Å². The van der Waals surface area contributed by atoms with Crippen molar-refractivity contribution < 1.29 is 9.13 Å². The first-order chi connectivity index (χ1) is 10.7. The number of halogens is 1. The molecular formula is C19H16FNO. The highest BCUT2D eigenvalue weighted by atomic mass is 19.1. The zero-order valence-corrected chi connectivity index (χ0v) is 12.0. The van der Waals surface area contributed by atoms with Crippen LogP contribution >= 0.6 is 0 Å². The highest BCUT2D eigenvalue weighted by molar-refractivity contribution is 5.73. The Labute approximate surface area is 129 Å². The van der Waals surface area contributed by atoms with Crippen LogP contribution in [0.2, 0.25) is 0 Å². The fourth-order valence-electron chi connectivity index (χ4n) is 2.29. The van der Waals surface area contributed by atoms with E-state index in [1.807, 2.05) is 42.5 Å². The van der Waals surface area contributed by atoms with E-state index in [-0.39, 0.29) is 5.82 Å². The zero-order chi connectivity index (χ0) is 15.4. The molecule has 110 valence electrons. The van der Waals surface area contributed by atoms with E-state index in [1.165, 1.54) is 12.1 Å². The fourth-order valence-corrected chi connectivity index (χ4v) is 2.29. The lowest BCUT2D eigenvalue weighted by molar-refractivity contribution is 0.307. The molecule has 22 heavy (non-hydrogen) atoms. The van der Waals surface area contributed by atoms with Crippen LogP contribution in [0.3, 0.4) is 0 Å². The highest BCUT2D eigenvalue weighted by Gasteiger charge is 2.08. The molecule has 0 heterocycles. The lowest BCUT2D eigenvalue weighted by Crippen LogP contribution is -1.98. The number of rotatable bonds is 4. The maximum atomic E-state index is 13.5. The molecule has 3 heteroatoms. The second-order valence-electron chi connectivity index (χ2n) is 5.04. The van der Waals surface area contributed by atoms with E-state index in [9.17, 15) is 4.39 Å². The Kier molecular flexibility index (Phi) is 4.05. The summed E-state index contributed by atoms with van der Waals surface area (Å²) in [6.07, 6.45) is 0. The van der Waals surface area contributed by atoms with E-state index < -0.39 is 0 Å². The average Bonchev–Trinajstić information content (AvgIpc) is 2.54. The van der Waals surface area contributed by atoms with Crippen molar-refractivity contribution in [3.63, 3.8) is 0 Å². The van der Waals surface area contributed by atoms with Gasteiger partial charge in [0, 0.05) is 11.3 Å². The van der Waals surface area contributed by atoms with Crippen LogP contribution in [0.4, 0.5) is 10.1 Å². The Balaban J connectivity index is 1.91. The van der Waals surface area contributed by atoms with Crippen LogP contribution in [0.1, 0.15) is 5.56 Å². The highest BCUT2D eigenvalue weighted by Crippen LogP contribution is 2.32. The first-order valence-electron chi connectivity index (χ1n) is 7.04. The maximum absolute atomic E-state index is 13.5. The number of benzene rings is 3. The summed E-state index contributed by atoms with van der Waals surface area (Å²) in [5.74, 6) is 0.401. The molecule has 3 rings (SSSR count). The van der Waals surface area contributed by atoms with Crippen molar-refractivity contribution in [2.75, 3.05) is 5.73 Å². The van der Waals surface area contributed by atoms with Gasteiger partial charge in [-0.3, -0.25) is 0 Å². The van der Waals surface area contributed by atoms with Gasteiger partial charge in [0.25, 0.3) is 0 Å². The van der Waals surface area contributed by atoms with Gasteiger partial charge in [0.05, 0.1) is 0 Å². The van der Waals surface area contributed by atoms with Gasteiger partial charge in [-0.2, -0.15) is 0 Å². The van der Waals surface area contributed by atoms with Gasteiger partial charge in [-0.05, 0) is 41.5 Å². The average molecular weight is 293 g/mol. The molecule has 0 fully saturated rings. The van der Waals surface area contributed by atoms with Gasteiger partial charge < -0.3 is 10.5 Å². The molecule has 0 aliphatic rings. The molecule has 3 aromatic rings. The third-order valence-electron chi connectivity index (χ3n) is 3.38. The zero-order valence-electron chi connectivity index (χ0n) is 12.0. The number of hydrogen-bond acceptors (Lipinski definition) is 2. The van der Waals surface area contributed by atoms with Crippen LogP contribution in [-0.2, 0) is 6.61 Å². The van der Waals surface area contributed by atoms with Crippen LogP contribution < -0.4 is 10.5 Å². The third-order valence-corrected chi connectivity index (χ3v) is 3.38. The van der Waals surface area contributed by atoms with E-state index in [0.717, 1.165) is 16.7 Å². The minimum Gasteiger partial charge on any atom is -0.488 e. The van der Waals surface area contributed by atoms with Crippen molar-refractivity contribution in [2.45, 2.75) is 6.61 Å². The SMILES string of the molecule is Nc1ccc(OCc2ccccc2)c(-c2cccc(F)c2)c1. The summed E-state index contributed by atoms with van der Waals surface area (Å²) >= 11 is 0. The van der Waals surface area contributed by atoms with Gasteiger partial charge >= 0.3 is 0 Å². The second kappa shape index (κ2) is 6.31. The number of ether oxygens (including phenoxy) is 1. The van der Waals surface area contributed by atoms with Crippen molar-refractivity contribution in [3.8, 4) is 16.9 Å². The van der Waals surface area contributed by atoms with Crippen molar-refractivity contribution in [1.29, 1.82) is 0 Å². The second-order valence-corrected chi connectivity index (χ2v) is 5.04. The van der Waals surface area contributed by atoms with Crippen molar-refractivity contribution >= 4 is 5.69 Å². The van der Waals surface area contributed by atoms with E-state index in [4.69, 9.17) is 10.5 Å². The first kappa shape index (κ1) is 14.1. The summed E-state index contributed by atoms with van der Waals surface area (Å²) in [5, 5.41) is 0. The molecule has 0 spiro atoms. The van der Waals surface area contributed by atoms with E-state index in [1.54, 1.807) is 18.2 Å². The molecule has 2 N–H and O–H groups in total. The monoisotopic (exact) mass is 293 g/mol. The van der Waals surface area contributed by atoms with Crippen molar-refractivity contribution in [1.82, 2.24) is 0 Å². The van der Waals surface area contributed by atoms with Gasteiger partial charge in [-0.25, -0.2) is 4.39 Å². The minimum atomic E-state index is -0.283. The molecule has 0 saturated carbocycles. The van der Waals surface area contributed by atoms with E-state index in [0.29, 0.717) is 18.0 Å². The Morgan fingerprint density at radius 3 is 2.45 bits per heavy atom. The molecule has 0 bridgehead atoms. The van der Waals surface area contributed by atoms with Crippen molar-refractivity contribution in [3.05, 3.63) is 84.2 Å². The maximum Gasteiger partial charge on any atom is 0.127 e. The predicted octanol–water partition coefficient (Wildman–Crippen LogP) is 4.65. The molecule has 0 saturated heterocycles. The minimum absolute atomic E-state index is 0.283. The first-order valence-corrected chi connectivity index (χ1v) is 7.04. The summed E-state index contributed by atoms with van der Waals surface area (Å²) in [5.41, 5.74) is 9.08. The summed E-state index contributed by atoms with van der Waals surface area (Å²) in [6.45, 7) is 0.451. The van der Waals surface area contributed by atoms with Crippen LogP contribution in [0, 0.1) is 5.82 Å². The molecule has 0 aliphatic heterocycles. The van der Waals surface area contributed by atoms with Gasteiger partial charge in [-0.15, -0.1) is 0 Å². The summed E-state index contributed by atoms with van der Waals surface area (Å²) in [4.78, 5) is 0. The number of nitrogen functional groups attached to an aromatic ring is 1. The largest absolute Gasteiger partial charge is 0.488 e. The standard InChI is InChI=1S/C19H16FNO/c20-16-8-4-7-15(11-16)18-12-17(21)9-10-19(18)22-13-14-5-2-1-3-6-14/h1-12H,13,21H2. The molecule has 0 amide bonds. The smallest absolute Gasteiger partial charge is 0.127 e. The molecule has 2 nitrogen and oxygen atoms in total. The van der Waals surface area contributed by atoms with Crippen molar-refractivity contribution in [2.24, 2.45) is 0 Å². The topological polar surface area (TPSA) is 35.2 Å². The predicted molar refractivity (Wildman–Crippen MR) is 87.0 cm³/mol. The van der Waals surface area contributed by atoms with E-state index in [2.05, 4.69) is 0 Å². The Morgan fingerprint density at radius 2 is 1.68 bits per heavy atom. The Bertz CT molecular complexity index is 771. The van der Waals surface area contributed by atoms with E-state index >= 15 is 0 Å². The summed E-state index contributed by atoms with van der Waals surface area (Å²) in [6, 6.07) is 21.7. The molecule has 0 unspecified atom stereocenters. The molecule has 0 aliphatic carbocycles. The lowest BCUT2D eigenvalue weighted by atomic mass is 10.0. The Morgan fingerprint density at radius 1 is 0.864 bits per heavy atom. The van der Waals surface area contributed by atoms with Gasteiger partial charge in [-0.1, -0.05) is 42.5 Å². The summed E-state index contributed by atoms with van der Waals surface area (Å²) < 4.78 is 19.4. The van der Waals surface area contributed by atoms with Crippen LogP contribution in [0.5, 0.6) is 5.75 Å². The van der Waals surface area contributed by atoms with Gasteiger partial charge in [0.2, 0.25) is 0 Å². The molecule has 0 atom stereocenters. The van der Waals surface area contributed by atoms with Gasteiger partial charge in [0.1, 0.15) is 18.2 Å². The molecular weight excluding hydrogens is 277 g/mol. The van der Waals surface area contributed by atoms with Crippen LogP contribution in [0.15, 0.2) is 72.8 Å². The van der Waals surface area contributed by atoms with Gasteiger partial charge in [0.15, 0.2) is 0 Å². The molecule has 0 aromatic heterocycles. The molecule has 3 aromatic carbocycles. The third kappa shape index (κ3) is 3.26. The summed E-state index contributed by atoms with van der Waals surface area (Å²) in [7, 11) is 0. The fraction of sp³-hybridized carbons (Fsp3) is 0.0526.